The number of halogens is 1. The van der Waals surface area contributed by atoms with Crippen LogP contribution in [0.4, 0.5) is 0 Å². The largest absolute Gasteiger partial charge is 0.458 e. The molecule has 5 nitrogen and oxygen atoms in total. The van der Waals surface area contributed by atoms with Crippen molar-refractivity contribution in [3.63, 3.8) is 0 Å². The van der Waals surface area contributed by atoms with Crippen molar-refractivity contribution in [2.45, 2.75) is 44.8 Å². The molecule has 3 fully saturated rings. The molecule has 6 heteroatoms. The Bertz CT molecular complexity index is 833. The number of aromatic nitrogens is 1. The summed E-state index contributed by atoms with van der Waals surface area (Å²) >= 11 is 5.77. The zero-order chi connectivity index (χ0) is 19.3. The van der Waals surface area contributed by atoms with Crippen LogP contribution in [0.15, 0.2) is 42.6 Å². The fourth-order valence-electron chi connectivity index (χ4n) is 4.86. The number of carbonyl (C=O) groups is 2. The summed E-state index contributed by atoms with van der Waals surface area (Å²) in [5.74, 6) is -0.510. The van der Waals surface area contributed by atoms with Gasteiger partial charge in [0, 0.05) is 17.7 Å². The van der Waals surface area contributed by atoms with Gasteiger partial charge in [-0.2, -0.15) is 0 Å². The third kappa shape index (κ3) is 3.08. The average Bonchev–Trinajstić information content (AvgIpc) is 2.90. The summed E-state index contributed by atoms with van der Waals surface area (Å²) in [4.78, 5) is 28.3. The van der Waals surface area contributed by atoms with Crippen molar-refractivity contribution in [1.29, 1.82) is 0 Å². The van der Waals surface area contributed by atoms with E-state index in [9.17, 15) is 9.59 Å². The number of carbonyl (C=O) groups excluding carboxylic acids is 2. The molecule has 1 aliphatic heterocycles. The quantitative estimate of drug-likeness (QED) is 0.330. The van der Waals surface area contributed by atoms with Crippen LogP contribution < -0.4 is 0 Å². The molecular weight excluding hydrogens is 366 g/mol. The Kier molecular flexibility index (Phi) is 4.38. The highest BCUT2D eigenvalue weighted by Crippen LogP contribution is 2.57. The maximum atomic E-state index is 12.5. The molecule has 2 aliphatic carbocycles. The molecule has 0 amide bonds. The molecule has 27 heavy (non-hydrogen) atoms. The molecule has 3 aliphatic rings. The van der Waals surface area contributed by atoms with Crippen LogP contribution >= 0.6 is 11.6 Å². The van der Waals surface area contributed by atoms with Crippen LogP contribution in [-0.2, 0) is 14.3 Å². The minimum Gasteiger partial charge on any atom is -0.458 e. The highest BCUT2D eigenvalue weighted by molar-refractivity contribution is 6.29. The first-order valence-corrected chi connectivity index (χ1v) is 9.57. The van der Waals surface area contributed by atoms with Crippen LogP contribution in [0, 0.1) is 17.3 Å². The van der Waals surface area contributed by atoms with Gasteiger partial charge < -0.3 is 9.47 Å². The van der Waals surface area contributed by atoms with Gasteiger partial charge in [0.25, 0.3) is 0 Å². The van der Waals surface area contributed by atoms with E-state index < -0.39 is 5.97 Å². The minimum atomic E-state index is -0.425. The Morgan fingerprint density at radius 1 is 1.41 bits per heavy atom. The predicted molar refractivity (Wildman–Crippen MR) is 100 cm³/mol. The monoisotopic (exact) mass is 387 g/mol. The van der Waals surface area contributed by atoms with E-state index in [1.54, 1.807) is 12.1 Å². The minimum absolute atomic E-state index is 0.00607. The van der Waals surface area contributed by atoms with E-state index >= 15 is 0 Å². The maximum Gasteiger partial charge on any atom is 0.340 e. The van der Waals surface area contributed by atoms with Gasteiger partial charge in [0.2, 0.25) is 0 Å². The van der Waals surface area contributed by atoms with Crippen molar-refractivity contribution >= 4 is 23.5 Å². The number of ether oxygens (including phenoxy) is 2. The smallest absolute Gasteiger partial charge is 0.340 e. The summed E-state index contributed by atoms with van der Waals surface area (Å²) in [6.07, 6.45) is 4.16. The summed E-state index contributed by atoms with van der Waals surface area (Å²) in [6, 6.07) is 3.17. The van der Waals surface area contributed by atoms with Crippen molar-refractivity contribution in [1.82, 2.24) is 4.98 Å². The molecule has 4 rings (SSSR count). The van der Waals surface area contributed by atoms with E-state index in [0.717, 1.165) is 24.8 Å². The Morgan fingerprint density at radius 2 is 2.19 bits per heavy atom. The van der Waals surface area contributed by atoms with E-state index in [2.05, 4.69) is 25.1 Å². The van der Waals surface area contributed by atoms with E-state index in [0.29, 0.717) is 22.7 Å². The second-order valence-electron chi connectivity index (χ2n) is 8.10. The molecule has 0 radical (unpaired) electrons. The van der Waals surface area contributed by atoms with Crippen LogP contribution in [0.1, 0.15) is 43.0 Å². The van der Waals surface area contributed by atoms with Gasteiger partial charge in [-0.05, 0) is 54.7 Å². The second kappa shape index (κ2) is 6.48. The number of hydrogen-bond donors (Lipinski definition) is 0. The van der Waals surface area contributed by atoms with Gasteiger partial charge in [-0.3, -0.25) is 0 Å². The fraction of sp³-hybridized carbons (Fsp3) is 0.476. The number of esters is 2. The van der Waals surface area contributed by atoms with Crippen LogP contribution in [-0.4, -0.2) is 29.1 Å². The van der Waals surface area contributed by atoms with Gasteiger partial charge in [-0.25, -0.2) is 14.6 Å². The van der Waals surface area contributed by atoms with Gasteiger partial charge in [0.15, 0.2) is 0 Å². The Hall–Kier alpha value is -2.14. The molecule has 2 saturated carbocycles. The summed E-state index contributed by atoms with van der Waals surface area (Å²) in [6.45, 7) is 10.4. The average molecular weight is 388 g/mol. The molecule has 0 aromatic carbocycles. The molecule has 1 aromatic heterocycles. The Labute approximate surface area is 163 Å². The molecule has 0 bridgehead atoms. The van der Waals surface area contributed by atoms with Crippen molar-refractivity contribution in [2.75, 3.05) is 0 Å². The van der Waals surface area contributed by atoms with Crippen molar-refractivity contribution in [3.8, 4) is 0 Å². The molecule has 1 aromatic rings. The van der Waals surface area contributed by atoms with Crippen molar-refractivity contribution < 1.29 is 19.1 Å². The standard InChI is InChI=1S/C21H22ClNO4/c1-11-14-8-15-12(2)16(26-20(25)13-4-5-18(22)23-10-13)6-7-21(15,3)9-17(14)27-19(11)24/h4-5,10,14-17H,1-2,6-9H2,3H3/t14-,15+,16-,17-,21-/m1/s1. The lowest BCUT2D eigenvalue weighted by Crippen LogP contribution is -2.47. The molecule has 0 spiro atoms. The normalized spacial score (nSPS) is 35.3. The zero-order valence-corrected chi connectivity index (χ0v) is 16.0. The third-order valence-corrected chi connectivity index (χ3v) is 6.69. The highest BCUT2D eigenvalue weighted by Gasteiger charge is 2.54. The summed E-state index contributed by atoms with van der Waals surface area (Å²) in [7, 11) is 0. The highest BCUT2D eigenvalue weighted by atomic mass is 35.5. The molecule has 0 unspecified atom stereocenters. The van der Waals surface area contributed by atoms with E-state index in [1.165, 1.54) is 6.20 Å². The number of nitrogens with zero attached hydrogens (tertiary/aromatic N) is 1. The predicted octanol–water partition coefficient (Wildman–Crippen LogP) is 4.12. The van der Waals surface area contributed by atoms with Gasteiger partial charge in [0.1, 0.15) is 17.4 Å². The van der Waals surface area contributed by atoms with Crippen LogP contribution in [0.5, 0.6) is 0 Å². The van der Waals surface area contributed by atoms with E-state index in [1.807, 2.05) is 0 Å². The topological polar surface area (TPSA) is 65.5 Å². The number of hydrogen-bond acceptors (Lipinski definition) is 5. The fourth-order valence-corrected chi connectivity index (χ4v) is 4.98. The lowest BCUT2D eigenvalue weighted by atomic mass is 9.55. The maximum absolute atomic E-state index is 12.5. The van der Waals surface area contributed by atoms with Crippen LogP contribution in [0.2, 0.25) is 5.15 Å². The Balaban J connectivity index is 1.50. The summed E-state index contributed by atoms with van der Waals surface area (Å²) in [5.41, 5.74) is 1.84. The SMILES string of the molecule is C=C1C(=O)O[C@@H]2C[C@@]3(C)CC[C@@H](OC(=O)c4ccc(Cl)nc4)C(=C)[C@@H]3C[C@H]12. The van der Waals surface area contributed by atoms with E-state index in [4.69, 9.17) is 21.1 Å². The molecule has 1 saturated heterocycles. The van der Waals surface area contributed by atoms with Crippen molar-refractivity contribution in [2.24, 2.45) is 17.3 Å². The molecule has 142 valence electrons. The van der Waals surface area contributed by atoms with Gasteiger partial charge >= 0.3 is 11.9 Å². The lowest BCUT2D eigenvalue weighted by molar-refractivity contribution is -0.142. The third-order valence-electron chi connectivity index (χ3n) is 6.47. The van der Waals surface area contributed by atoms with Crippen LogP contribution in [0.3, 0.4) is 0 Å². The zero-order valence-electron chi connectivity index (χ0n) is 15.2. The van der Waals surface area contributed by atoms with E-state index in [-0.39, 0.29) is 35.4 Å². The molecule has 0 N–H and O–H groups in total. The first kappa shape index (κ1) is 18.2. The molecule has 2 heterocycles. The molecule has 5 atom stereocenters. The second-order valence-corrected chi connectivity index (χ2v) is 8.49. The summed E-state index contributed by atoms with van der Waals surface area (Å²) < 4.78 is 11.3. The van der Waals surface area contributed by atoms with Crippen molar-refractivity contribution in [3.05, 3.63) is 53.4 Å². The summed E-state index contributed by atoms with van der Waals surface area (Å²) in [5, 5.41) is 0.328. The first-order chi connectivity index (χ1) is 12.8. The van der Waals surface area contributed by atoms with Gasteiger partial charge in [-0.15, -0.1) is 0 Å². The van der Waals surface area contributed by atoms with Gasteiger partial charge in [0.05, 0.1) is 5.56 Å². The lowest BCUT2D eigenvalue weighted by Gasteiger charge is -2.51. The number of fused-ring (bicyclic) bond motifs is 2. The van der Waals surface area contributed by atoms with Gasteiger partial charge in [-0.1, -0.05) is 31.7 Å². The molecular formula is C21H22ClNO4. The number of pyridine rings is 1. The Morgan fingerprint density at radius 3 is 2.89 bits per heavy atom. The number of rotatable bonds is 2. The van der Waals surface area contributed by atoms with Crippen LogP contribution in [0.25, 0.3) is 0 Å². The first-order valence-electron chi connectivity index (χ1n) is 9.19.